The minimum atomic E-state index is -1.12. The SMILES string of the molecule is O=C1Nc2ncccc2C2(CC2)C[C@@H]1NC(O)c1nnc(Cc2ccccc2)[nH]1. The summed E-state index contributed by atoms with van der Waals surface area (Å²) < 4.78 is 0. The fraction of sp³-hybridized carbons (Fsp3) is 0.333. The molecule has 0 radical (unpaired) electrons. The van der Waals surface area contributed by atoms with Gasteiger partial charge in [-0.2, -0.15) is 0 Å². The molecule has 8 heteroatoms. The van der Waals surface area contributed by atoms with E-state index in [4.69, 9.17) is 0 Å². The Morgan fingerprint density at radius 2 is 2.00 bits per heavy atom. The fourth-order valence-electron chi connectivity index (χ4n) is 4.06. The molecule has 1 saturated carbocycles. The number of nitrogens with zero attached hydrogens (tertiary/aromatic N) is 3. The molecule has 1 aromatic carbocycles. The standard InChI is InChI=1S/C21H22N6O2/c28-19-15(12-21(8-9-21)14-7-4-10-22-17(14)25-19)23-20(29)18-24-16(26-27-18)11-13-5-2-1-3-6-13/h1-7,10,15,20,23,29H,8-9,11-12H2,(H,22,25,28)(H,24,26,27)/t15-,20?/m0/s1. The highest BCUT2D eigenvalue weighted by Gasteiger charge is 2.50. The number of rotatable bonds is 5. The van der Waals surface area contributed by atoms with Crippen LogP contribution in [0.4, 0.5) is 5.82 Å². The molecule has 2 atom stereocenters. The van der Waals surface area contributed by atoms with Crippen LogP contribution >= 0.6 is 0 Å². The first kappa shape index (κ1) is 18.0. The Morgan fingerprint density at radius 3 is 2.79 bits per heavy atom. The number of hydrogen-bond acceptors (Lipinski definition) is 6. The van der Waals surface area contributed by atoms with Gasteiger partial charge in [0.25, 0.3) is 0 Å². The van der Waals surface area contributed by atoms with Gasteiger partial charge in [0.1, 0.15) is 11.6 Å². The predicted octanol–water partition coefficient (Wildman–Crippen LogP) is 1.81. The maximum atomic E-state index is 12.7. The van der Waals surface area contributed by atoms with Crippen LogP contribution < -0.4 is 10.6 Å². The van der Waals surface area contributed by atoms with Crippen molar-refractivity contribution >= 4 is 11.7 Å². The van der Waals surface area contributed by atoms with Gasteiger partial charge >= 0.3 is 0 Å². The number of benzene rings is 1. The average molecular weight is 390 g/mol. The Hall–Kier alpha value is -3.10. The van der Waals surface area contributed by atoms with Gasteiger partial charge in [0.2, 0.25) is 5.91 Å². The van der Waals surface area contributed by atoms with Gasteiger partial charge in [-0.25, -0.2) is 4.98 Å². The zero-order valence-electron chi connectivity index (χ0n) is 15.8. The van der Waals surface area contributed by atoms with Crippen LogP contribution in [-0.2, 0) is 16.6 Å². The first-order chi connectivity index (χ1) is 14.1. The second-order valence-corrected chi connectivity index (χ2v) is 7.81. The minimum Gasteiger partial charge on any atom is -0.371 e. The Morgan fingerprint density at radius 1 is 1.17 bits per heavy atom. The van der Waals surface area contributed by atoms with Crippen molar-refractivity contribution in [1.29, 1.82) is 0 Å². The summed E-state index contributed by atoms with van der Waals surface area (Å²) in [5, 5.41) is 24.7. The quantitative estimate of drug-likeness (QED) is 0.494. The zero-order chi connectivity index (χ0) is 19.8. The van der Waals surface area contributed by atoms with E-state index in [2.05, 4.69) is 30.8 Å². The molecule has 148 valence electrons. The summed E-state index contributed by atoms with van der Waals surface area (Å²) in [5.74, 6) is 1.39. The molecule has 1 aliphatic heterocycles. The summed E-state index contributed by atoms with van der Waals surface area (Å²) in [5.41, 5.74) is 2.12. The lowest BCUT2D eigenvalue weighted by molar-refractivity contribution is -0.119. The highest BCUT2D eigenvalue weighted by Crippen LogP contribution is 2.54. The molecule has 1 unspecified atom stereocenters. The summed E-state index contributed by atoms with van der Waals surface area (Å²) in [6, 6.07) is 13.3. The Labute approximate surface area is 167 Å². The van der Waals surface area contributed by atoms with E-state index >= 15 is 0 Å². The molecule has 1 amide bonds. The lowest BCUT2D eigenvalue weighted by atomic mass is 9.90. The number of hydrogen-bond donors (Lipinski definition) is 4. The van der Waals surface area contributed by atoms with E-state index < -0.39 is 12.3 Å². The molecule has 8 nitrogen and oxygen atoms in total. The number of anilines is 1. The summed E-state index contributed by atoms with van der Waals surface area (Å²) in [7, 11) is 0. The maximum Gasteiger partial charge on any atom is 0.242 e. The van der Waals surface area contributed by atoms with Crippen molar-refractivity contribution in [2.24, 2.45) is 0 Å². The highest BCUT2D eigenvalue weighted by molar-refractivity contribution is 5.96. The van der Waals surface area contributed by atoms with E-state index in [9.17, 15) is 9.90 Å². The Kier molecular flexibility index (Phi) is 4.37. The van der Waals surface area contributed by atoms with E-state index in [-0.39, 0.29) is 11.3 Å². The molecular formula is C21H22N6O2. The average Bonchev–Trinajstić information content (AvgIpc) is 3.39. The number of aliphatic hydroxyl groups excluding tert-OH is 1. The minimum absolute atomic E-state index is 0.0555. The Bertz CT molecular complexity index is 1030. The topological polar surface area (TPSA) is 116 Å². The molecule has 3 heterocycles. The molecule has 2 aliphatic rings. The molecule has 3 aromatic rings. The van der Waals surface area contributed by atoms with Crippen molar-refractivity contribution in [3.63, 3.8) is 0 Å². The number of aromatic nitrogens is 4. The van der Waals surface area contributed by atoms with Crippen molar-refractivity contribution in [2.45, 2.75) is 43.4 Å². The molecule has 0 bridgehead atoms. The molecule has 2 aromatic heterocycles. The van der Waals surface area contributed by atoms with Crippen LogP contribution in [0.5, 0.6) is 0 Å². The lowest BCUT2D eigenvalue weighted by Crippen LogP contribution is -2.43. The second-order valence-electron chi connectivity index (χ2n) is 7.81. The van der Waals surface area contributed by atoms with Gasteiger partial charge in [-0.1, -0.05) is 36.4 Å². The third kappa shape index (κ3) is 3.52. The normalized spacial score (nSPS) is 20.6. The number of carbonyl (C=O) groups is 1. The number of fused-ring (bicyclic) bond motifs is 2. The Balaban J connectivity index is 1.30. The number of pyridine rings is 1. The molecular weight excluding hydrogens is 368 g/mol. The number of aromatic amines is 1. The molecule has 1 fully saturated rings. The van der Waals surface area contributed by atoms with Gasteiger partial charge in [0, 0.05) is 23.6 Å². The molecule has 1 aliphatic carbocycles. The van der Waals surface area contributed by atoms with E-state index in [1.807, 2.05) is 42.5 Å². The van der Waals surface area contributed by atoms with E-state index in [0.29, 0.717) is 30.3 Å². The molecule has 5 rings (SSSR count). The monoisotopic (exact) mass is 390 g/mol. The summed E-state index contributed by atoms with van der Waals surface area (Å²) in [6.07, 6.45) is 3.79. The van der Waals surface area contributed by atoms with Gasteiger partial charge in [0.15, 0.2) is 12.1 Å². The van der Waals surface area contributed by atoms with Crippen molar-refractivity contribution < 1.29 is 9.90 Å². The number of carbonyl (C=O) groups excluding carboxylic acids is 1. The van der Waals surface area contributed by atoms with Crippen LogP contribution in [0.1, 0.15) is 48.3 Å². The zero-order valence-corrected chi connectivity index (χ0v) is 15.8. The summed E-state index contributed by atoms with van der Waals surface area (Å²) >= 11 is 0. The second kappa shape index (κ2) is 7.06. The first-order valence-electron chi connectivity index (χ1n) is 9.79. The van der Waals surface area contributed by atoms with Gasteiger partial charge in [0.05, 0.1) is 6.04 Å². The van der Waals surface area contributed by atoms with E-state index in [1.165, 1.54) is 0 Å². The molecule has 1 spiro atoms. The maximum absolute atomic E-state index is 12.7. The lowest BCUT2D eigenvalue weighted by Gasteiger charge is -2.21. The molecule has 0 saturated heterocycles. The number of aliphatic hydroxyl groups is 1. The van der Waals surface area contributed by atoms with Gasteiger partial charge < -0.3 is 15.4 Å². The van der Waals surface area contributed by atoms with Crippen molar-refractivity contribution in [1.82, 2.24) is 25.5 Å². The predicted molar refractivity (Wildman–Crippen MR) is 106 cm³/mol. The molecule has 29 heavy (non-hydrogen) atoms. The van der Waals surface area contributed by atoms with Gasteiger partial charge in [-0.05, 0) is 30.9 Å². The number of nitrogens with one attached hydrogen (secondary N) is 3. The van der Waals surface area contributed by atoms with Crippen LogP contribution in [-0.4, -0.2) is 37.2 Å². The summed E-state index contributed by atoms with van der Waals surface area (Å²) in [4.78, 5) is 20.1. The smallest absolute Gasteiger partial charge is 0.242 e. The largest absolute Gasteiger partial charge is 0.371 e. The number of H-pyrrole nitrogens is 1. The van der Waals surface area contributed by atoms with Crippen molar-refractivity contribution in [3.05, 3.63) is 71.4 Å². The highest BCUT2D eigenvalue weighted by atomic mass is 16.3. The van der Waals surface area contributed by atoms with Crippen LogP contribution in [0.3, 0.4) is 0 Å². The van der Waals surface area contributed by atoms with E-state index in [0.717, 1.165) is 24.0 Å². The number of amides is 1. The van der Waals surface area contributed by atoms with Gasteiger partial charge in [-0.3, -0.25) is 10.1 Å². The van der Waals surface area contributed by atoms with Gasteiger partial charge in [-0.15, -0.1) is 10.2 Å². The van der Waals surface area contributed by atoms with Crippen LogP contribution in [0.2, 0.25) is 0 Å². The van der Waals surface area contributed by atoms with E-state index in [1.54, 1.807) is 6.20 Å². The third-order valence-corrected chi connectivity index (χ3v) is 5.77. The van der Waals surface area contributed by atoms with Crippen molar-refractivity contribution in [3.8, 4) is 0 Å². The van der Waals surface area contributed by atoms with Crippen molar-refractivity contribution in [2.75, 3.05) is 5.32 Å². The molecule has 4 N–H and O–H groups in total. The first-order valence-corrected chi connectivity index (χ1v) is 9.79. The van der Waals surface area contributed by atoms with Crippen LogP contribution in [0, 0.1) is 0 Å². The summed E-state index contributed by atoms with van der Waals surface area (Å²) in [6.45, 7) is 0. The fourth-order valence-corrected chi connectivity index (χ4v) is 4.06. The van der Waals surface area contributed by atoms with Crippen LogP contribution in [0.15, 0.2) is 48.7 Å². The third-order valence-electron chi connectivity index (χ3n) is 5.77. The van der Waals surface area contributed by atoms with Crippen LogP contribution in [0.25, 0.3) is 0 Å².